The molecule has 1 aromatic carbocycles. The Hall–Kier alpha value is -1.59. The van der Waals surface area contributed by atoms with Crippen molar-refractivity contribution in [3.8, 4) is 0 Å². The third kappa shape index (κ3) is 7.10. The molecule has 0 spiro atoms. The number of rotatable bonds is 9. The number of hydrogen-bond acceptors (Lipinski definition) is 3. The first kappa shape index (κ1) is 21.1. The van der Waals surface area contributed by atoms with E-state index < -0.39 is 0 Å². The maximum atomic E-state index is 5.77. The van der Waals surface area contributed by atoms with Crippen molar-refractivity contribution in [2.45, 2.75) is 57.4 Å². The van der Waals surface area contributed by atoms with Crippen molar-refractivity contribution in [3.63, 3.8) is 0 Å². The fourth-order valence-electron chi connectivity index (χ4n) is 4.13. The minimum absolute atomic E-state index is 0.524. The maximum absolute atomic E-state index is 5.77. The average molecular weight is 388 g/mol. The lowest BCUT2D eigenvalue weighted by Crippen LogP contribution is -2.44. The molecular formula is C23H37N3O2. The largest absolute Gasteiger partial charge is 0.381 e. The molecule has 156 valence electrons. The molecule has 28 heavy (non-hydrogen) atoms. The Morgan fingerprint density at radius 1 is 1.14 bits per heavy atom. The number of aliphatic imine (C=N–C) groups is 1. The van der Waals surface area contributed by atoms with E-state index in [4.69, 9.17) is 14.5 Å². The van der Waals surface area contributed by atoms with E-state index in [2.05, 4.69) is 47.9 Å². The number of benzene rings is 1. The topological polar surface area (TPSA) is 54.9 Å². The highest BCUT2D eigenvalue weighted by atomic mass is 16.5. The van der Waals surface area contributed by atoms with Crippen LogP contribution >= 0.6 is 0 Å². The number of nitrogens with zero attached hydrogens (tertiary/aromatic N) is 1. The molecule has 0 radical (unpaired) electrons. The van der Waals surface area contributed by atoms with Gasteiger partial charge >= 0.3 is 0 Å². The van der Waals surface area contributed by atoms with Crippen LogP contribution in [0.3, 0.4) is 0 Å². The van der Waals surface area contributed by atoms with Gasteiger partial charge in [0.2, 0.25) is 0 Å². The predicted molar refractivity (Wildman–Crippen MR) is 115 cm³/mol. The first-order valence-corrected chi connectivity index (χ1v) is 11.1. The van der Waals surface area contributed by atoms with Crippen LogP contribution in [0.1, 0.15) is 56.9 Å². The molecule has 0 bridgehead atoms. The highest BCUT2D eigenvalue weighted by Crippen LogP contribution is 2.32. The molecule has 0 aromatic heterocycles. The Bertz CT molecular complexity index is 564. The summed E-state index contributed by atoms with van der Waals surface area (Å²) in [6, 6.07) is 11.5. The number of nitrogens with one attached hydrogen (secondary N) is 2. The predicted octanol–water partition coefficient (Wildman–Crippen LogP) is 3.71. The van der Waals surface area contributed by atoms with Gasteiger partial charge in [-0.3, -0.25) is 4.99 Å². The average Bonchev–Trinajstić information content (AvgIpc) is 3.25. The Morgan fingerprint density at radius 2 is 1.96 bits per heavy atom. The van der Waals surface area contributed by atoms with Crippen molar-refractivity contribution in [1.29, 1.82) is 0 Å². The number of guanidine groups is 1. The van der Waals surface area contributed by atoms with E-state index in [-0.39, 0.29) is 0 Å². The molecule has 1 heterocycles. The Morgan fingerprint density at radius 3 is 2.68 bits per heavy atom. The summed E-state index contributed by atoms with van der Waals surface area (Å²) in [4.78, 5) is 4.74. The first-order chi connectivity index (χ1) is 13.8. The summed E-state index contributed by atoms with van der Waals surface area (Å²) in [7, 11) is 0. The van der Waals surface area contributed by atoms with Crippen LogP contribution in [0.4, 0.5) is 0 Å². The SMILES string of the molecule is CCNC(=NCCCOCC1CCOC1)NC1CCC(c2ccccc2)CC1. The van der Waals surface area contributed by atoms with Crippen LogP contribution in [-0.4, -0.2) is 51.5 Å². The molecule has 2 fully saturated rings. The Labute approximate surface area is 170 Å². The van der Waals surface area contributed by atoms with Gasteiger partial charge in [0.1, 0.15) is 0 Å². The summed E-state index contributed by atoms with van der Waals surface area (Å²) >= 11 is 0. The minimum Gasteiger partial charge on any atom is -0.381 e. The lowest BCUT2D eigenvalue weighted by Gasteiger charge is -2.30. The normalized spacial score (nSPS) is 25.6. The molecule has 1 atom stereocenters. The van der Waals surface area contributed by atoms with Gasteiger partial charge in [0, 0.05) is 38.3 Å². The zero-order valence-corrected chi connectivity index (χ0v) is 17.4. The van der Waals surface area contributed by atoms with E-state index in [9.17, 15) is 0 Å². The molecular weight excluding hydrogens is 350 g/mol. The van der Waals surface area contributed by atoms with Gasteiger partial charge in [0.15, 0.2) is 5.96 Å². The van der Waals surface area contributed by atoms with E-state index in [1.54, 1.807) is 0 Å². The van der Waals surface area contributed by atoms with Crippen LogP contribution < -0.4 is 10.6 Å². The van der Waals surface area contributed by atoms with E-state index in [0.717, 1.165) is 58.3 Å². The summed E-state index contributed by atoms with van der Waals surface area (Å²) < 4.78 is 11.2. The van der Waals surface area contributed by atoms with Crippen molar-refractivity contribution in [3.05, 3.63) is 35.9 Å². The van der Waals surface area contributed by atoms with Gasteiger partial charge in [0.25, 0.3) is 0 Å². The second kappa shape index (κ2) is 12.1. The molecule has 1 saturated heterocycles. The summed E-state index contributed by atoms with van der Waals surface area (Å²) in [6.45, 7) is 7.17. The van der Waals surface area contributed by atoms with Gasteiger partial charge in [-0.25, -0.2) is 0 Å². The van der Waals surface area contributed by atoms with Gasteiger partial charge in [-0.2, -0.15) is 0 Å². The fourth-order valence-corrected chi connectivity index (χ4v) is 4.13. The summed E-state index contributed by atoms with van der Waals surface area (Å²) in [6.07, 6.45) is 7.01. The molecule has 1 aliphatic carbocycles. The van der Waals surface area contributed by atoms with E-state index in [1.165, 1.54) is 31.2 Å². The van der Waals surface area contributed by atoms with Crippen LogP contribution in [0.25, 0.3) is 0 Å². The van der Waals surface area contributed by atoms with Crippen LogP contribution in [0, 0.1) is 5.92 Å². The van der Waals surface area contributed by atoms with Crippen molar-refractivity contribution in [2.75, 3.05) is 39.5 Å². The number of ether oxygens (including phenoxy) is 2. The Kier molecular flexibility index (Phi) is 9.11. The smallest absolute Gasteiger partial charge is 0.191 e. The summed E-state index contributed by atoms with van der Waals surface area (Å²) in [5.41, 5.74) is 1.49. The highest BCUT2D eigenvalue weighted by molar-refractivity contribution is 5.80. The zero-order chi connectivity index (χ0) is 19.4. The molecule has 3 rings (SSSR count). The third-order valence-electron chi connectivity index (χ3n) is 5.78. The Balaban J connectivity index is 1.33. The van der Waals surface area contributed by atoms with E-state index in [0.29, 0.717) is 17.9 Å². The van der Waals surface area contributed by atoms with Gasteiger partial charge < -0.3 is 20.1 Å². The van der Waals surface area contributed by atoms with Crippen molar-refractivity contribution >= 4 is 5.96 Å². The first-order valence-electron chi connectivity index (χ1n) is 11.1. The minimum atomic E-state index is 0.524. The van der Waals surface area contributed by atoms with Gasteiger partial charge in [-0.15, -0.1) is 0 Å². The zero-order valence-electron chi connectivity index (χ0n) is 17.4. The van der Waals surface area contributed by atoms with Gasteiger partial charge in [-0.1, -0.05) is 30.3 Å². The van der Waals surface area contributed by atoms with Crippen LogP contribution in [0.2, 0.25) is 0 Å². The highest BCUT2D eigenvalue weighted by Gasteiger charge is 2.22. The molecule has 0 amide bonds. The lowest BCUT2D eigenvalue weighted by molar-refractivity contribution is 0.0893. The quantitative estimate of drug-likeness (QED) is 0.385. The van der Waals surface area contributed by atoms with Crippen LogP contribution in [0.5, 0.6) is 0 Å². The summed E-state index contributed by atoms with van der Waals surface area (Å²) in [5.74, 6) is 2.25. The molecule has 5 heteroatoms. The van der Waals surface area contributed by atoms with Gasteiger partial charge in [0.05, 0.1) is 13.2 Å². The van der Waals surface area contributed by atoms with Crippen molar-refractivity contribution in [2.24, 2.45) is 10.9 Å². The fraction of sp³-hybridized carbons (Fsp3) is 0.696. The molecule has 1 aliphatic heterocycles. The van der Waals surface area contributed by atoms with E-state index in [1.807, 2.05) is 0 Å². The van der Waals surface area contributed by atoms with Crippen molar-refractivity contribution in [1.82, 2.24) is 10.6 Å². The van der Waals surface area contributed by atoms with Crippen LogP contribution in [0.15, 0.2) is 35.3 Å². The van der Waals surface area contributed by atoms with E-state index >= 15 is 0 Å². The monoisotopic (exact) mass is 387 g/mol. The van der Waals surface area contributed by atoms with Crippen LogP contribution in [-0.2, 0) is 9.47 Å². The standard InChI is InChI=1S/C23H37N3O2/c1-2-24-23(25-14-6-15-27-17-19-13-16-28-18-19)26-22-11-9-21(10-12-22)20-7-4-3-5-8-20/h3-5,7-8,19,21-22H,2,6,9-18H2,1H3,(H2,24,25,26). The lowest BCUT2D eigenvalue weighted by atomic mass is 9.82. The summed E-state index contributed by atoms with van der Waals surface area (Å²) in [5, 5.41) is 7.04. The molecule has 1 saturated carbocycles. The molecule has 2 N–H and O–H groups in total. The second-order valence-corrected chi connectivity index (χ2v) is 8.02. The molecule has 1 aromatic rings. The van der Waals surface area contributed by atoms with Crippen molar-refractivity contribution < 1.29 is 9.47 Å². The molecule has 5 nitrogen and oxygen atoms in total. The van der Waals surface area contributed by atoms with Gasteiger partial charge in [-0.05, 0) is 56.9 Å². The maximum Gasteiger partial charge on any atom is 0.191 e. The third-order valence-corrected chi connectivity index (χ3v) is 5.78. The molecule has 1 unspecified atom stereocenters. The molecule has 2 aliphatic rings. The number of hydrogen-bond donors (Lipinski definition) is 2. The second-order valence-electron chi connectivity index (χ2n) is 8.02.